The second kappa shape index (κ2) is 6.02. The number of amides is 2. The lowest BCUT2D eigenvalue weighted by atomic mass is 10.3. The first-order valence-corrected chi connectivity index (χ1v) is 7.01. The van der Waals surface area contributed by atoms with E-state index in [1.54, 1.807) is 0 Å². The van der Waals surface area contributed by atoms with Crippen molar-refractivity contribution in [3.8, 4) is 0 Å². The molecule has 2 rings (SSSR count). The number of benzene rings is 1. The van der Waals surface area contributed by atoms with Crippen molar-refractivity contribution >= 4 is 33.4 Å². The fourth-order valence-electron chi connectivity index (χ4n) is 1.81. The van der Waals surface area contributed by atoms with Gasteiger partial charge in [0.05, 0.1) is 0 Å². The summed E-state index contributed by atoms with van der Waals surface area (Å²) in [5, 5.41) is 2.98. The summed E-state index contributed by atoms with van der Waals surface area (Å²) in [5.41, 5.74) is 1.12. The Labute approximate surface area is 120 Å². The van der Waals surface area contributed by atoms with Gasteiger partial charge in [0.1, 0.15) is 5.70 Å². The third-order valence-electron chi connectivity index (χ3n) is 2.87. The highest BCUT2D eigenvalue weighted by molar-refractivity contribution is 9.10. The summed E-state index contributed by atoms with van der Waals surface area (Å²) >= 11 is 3.35. The Balaban J connectivity index is 2.05. The Kier molecular flexibility index (Phi) is 4.37. The molecule has 0 bridgehead atoms. The number of hydrogen-bond donors (Lipinski definition) is 1. The highest BCUT2D eigenvalue weighted by Gasteiger charge is 2.30. The van der Waals surface area contributed by atoms with Crippen LogP contribution < -0.4 is 5.32 Å². The van der Waals surface area contributed by atoms with Crippen LogP contribution in [0.3, 0.4) is 0 Å². The normalized spacial score (nSPS) is 14.8. The van der Waals surface area contributed by atoms with Gasteiger partial charge in [-0.25, -0.2) is 0 Å². The Bertz CT molecular complexity index is 523. The molecule has 4 nitrogen and oxygen atoms in total. The highest BCUT2D eigenvalue weighted by Crippen LogP contribution is 2.19. The summed E-state index contributed by atoms with van der Waals surface area (Å²) < 4.78 is 0.963. The maximum absolute atomic E-state index is 12.1. The molecule has 0 radical (unpaired) electrons. The van der Waals surface area contributed by atoms with Crippen molar-refractivity contribution in [3.63, 3.8) is 0 Å². The lowest BCUT2D eigenvalue weighted by Crippen LogP contribution is -2.32. The fraction of sp³-hybridized carbons (Fsp3) is 0.286. The molecule has 1 aromatic rings. The van der Waals surface area contributed by atoms with E-state index < -0.39 is 0 Å². The molecule has 0 spiro atoms. The number of anilines is 1. The van der Waals surface area contributed by atoms with Gasteiger partial charge in [0.15, 0.2) is 0 Å². The first kappa shape index (κ1) is 13.8. The Hall–Kier alpha value is -1.62. The molecule has 0 saturated heterocycles. The third-order valence-corrected chi connectivity index (χ3v) is 3.40. The number of hydrogen-bond acceptors (Lipinski definition) is 3. The zero-order chi connectivity index (χ0) is 13.8. The van der Waals surface area contributed by atoms with Gasteiger partial charge in [0.25, 0.3) is 11.8 Å². The second-order valence-electron chi connectivity index (χ2n) is 4.34. The maximum atomic E-state index is 12.1. The van der Waals surface area contributed by atoms with Crippen LogP contribution >= 0.6 is 15.9 Å². The van der Waals surface area contributed by atoms with E-state index in [4.69, 9.17) is 0 Å². The molecule has 19 heavy (non-hydrogen) atoms. The molecule has 0 unspecified atom stereocenters. The minimum Gasteiger partial charge on any atom is -0.351 e. The summed E-state index contributed by atoms with van der Waals surface area (Å²) in [5.74, 6) is -0.487. The maximum Gasteiger partial charge on any atom is 0.277 e. The van der Waals surface area contributed by atoms with Gasteiger partial charge in [-0.2, -0.15) is 0 Å². The van der Waals surface area contributed by atoms with E-state index in [0.29, 0.717) is 12.2 Å². The second-order valence-corrected chi connectivity index (χ2v) is 5.25. The summed E-state index contributed by atoms with van der Waals surface area (Å²) in [4.78, 5) is 25.1. The van der Waals surface area contributed by atoms with Crippen molar-refractivity contribution < 1.29 is 9.59 Å². The molecule has 1 aliphatic rings. The van der Waals surface area contributed by atoms with Gasteiger partial charge in [0.2, 0.25) is 0 Å². The minimum atomic E-state index is -0.249. The van der Waals surface area contributed by atoms with Gasteiger partial charge >= 0.3 is 0 Å². The lowest BCUT2D eigenvalue weighted by Gasteiger charge is -2.14. The number of rotatable bonds is 5. The molecule has 1 N–H and O–H groups in total. The van der Waals surface area contributed by atoms with Crippen LogP contribution in [0.5, 0.6) is 0 Å². The average Bonchev–Trinajstić information content (AvgIpc) is 2.65. The largest absolute Gasteiger partial charge is 0.351 e. The molecular weight excluding hydrogens is 308 g/mol. The SMILES string of the molecule is CCCCN1C(=O)C=C(Nc2ccc(Br)cc2)C1=O. The van der Waals surface area contributed by atoms with Crippen molar-refractivity contribution in [1.29, 1.82) is 0 Å². The van der Waals surface area contributed by atoms with Crippen molar-refractivity contribution in [2.75, 3.05) is 11.9 Å². The molecule has 0 fully saturated rings. The lowest BCUT2D eigenvalue weighted by molar-refractivity contribution is -0.137. The number of nitrogens with one attached hydrogen (secondary N) is 1. The molecule has 1 heterocycles. The van der Waals surface area contributed by atoms with Gasteiger partial charge in [-0.15, -0.1) is 0 Å². The number of nitrogens with zero attached hydrogens (tertiary/aromatic N) is 1. The number of imide groups is 1. The van der Waals surface area contributed by atoms with Crippen LogP contribution in [0.25, 0.3) is 0 Å². The topological polar surface area (TPSA) is 49.4 Å². The van der Waals surface area contributed by atoms with Crippen molar-refractivity contribution in [1.82, 2.24) is 4.90 Å². The molecule has 100 valence electrons. The summed E-state index contributed by atoms with van der Waals surface area (Å²) in [6, 6.07) is 7.44. The van der Waals surface area contributed by atoms with Crippen LogP contribution in [0.4, 0.5) is 5.69 Å². The molecule has 0 atom stereocenters. The van der Waals surface area contributed by atoms with Crippen LogP contribution in [0, 0.1) is 0 Å². The van der Waals surface area contributed by atoms with E-state index >= 15 is 0 Å². The number of unbranched alkanes of at least 4 members (excludes halogenated alkanes) is 1. The number of carbonyl (C=O) groups excluding carboxylic acids is 2. The highest BCUT2D eigenvalue weighted by atomic mass is 79.9. The molecule has 0 aromatic heterocycles. The van der Waals surface area contributed by atoms with Gasteiger partial charge in [-0.05, 0) is 30.7 Å². The van der Waals surface area contributed by atoms with Crippen molar-refractivity contribution in [3.05, 3.63) is 40.5 Å². The van der Waals surface area contributed by atoms with Crippen LogP contribution in [0.1, 0.15) is 19.8 Å². The van der Waals surface area contributed by atoms with E-state index in [1.165, 1.54) is 11.0 Å². The van der Waals surface area contributed by atoms with Crippen molar-refractivity contribution in [2.24, 2.45) is 0 Å². The van der Waals surface area contributed by atoms with Gasteiger partial charge in [-0.3, -0.25) is 14.5 Å². The molecule has 1 aliphatic heterocycles. The van der Waals surface area contributed by atoms with E-state index in [0.717, 1.165) is 23.0 Å². The van der Waals surface area contributed by atoms with Gasteiger partial charge in [-0.1, -0.05) is 29.3 Å². The van der Waals surface area contributed by atoms with Crippen LogP contribution in [0.15, 0.2) is 40.5 Å². The molecule has 0 aliphatic carbocycles. The van der Waals surface area contributed by atoms with E-state index in [1.807, 2.05) is 31.2 Å². The van der Waals surface area contributed by atoms with E-state index in [2.05, 4.69) is 21.2 Å². The van der Waals surface area contributed by atoms with E-state index in [-0.39, 0.29) is 11.8 Å². The zero-order valence-corrected chi connectivity index (χ0v) is 12.2. The zero-order valence-electron chi connectivity index (χ0n) is 10.6. The monoisotopic (exact) mass is 322 g/mol. The molecule has 1 aromatic carbocycles. The molecule has 2 amide bonds. The summed E-state index contributed by atoms with van der Waals surface area (Å²) in [6.45, 7) is 2.51. The van der Waals surface area contributed by atoms with Crippen LogP contribution in [0.2, 0.25) is 0 Å². The van der Waals surface area contributed by atoms with Gasteiger partial charge < -0.3 is 5.32 Å². The third kappa shape index (κ3) is 3.23. The summed E-state index contributed by atoms with van der Waals surface area (Å²) in [6.07, 6.45) is 3.14. The number of carbonyl (C=O) groups is 2. The molecule has 5 heteroatoms. The Morgan fingerprint density at radius 2 is 1.89 bits per heavy atom. The standard InChI is InChI=1S/C14H15BrN2O2/c1-2-3-8-17-13(18)9-12(14(17)19)16-11-6-4-10(15)5-7-11/h4-7,9,16H,2-3,8H2,1H3. The first-order valence-electron chi connectivity index (χ1n) is 6.22. The quantitative estimate of drug-likeness (QED) is 0.848. The molecule has 0 saturated carbocycles. The predicted octanol–water partition coefficient (Wildman–Crippen LogP) is 2.91. The molecular formula is C14H15BrN2O2. The first-order chi connectivity index (χ1) is 9.11. The average molecular weight is 323 g/mol. The van der Waals surface area contributed by atoms with E-state index in [9.17, 15) is 9.59 Å². The van der Waals surface area contributed by atoms with Crippen LogP contribution in [-0.4, -0.2) is 23.3 Å². The van der Waals surface area contributed by atoms with Crippen LogP contribution in [-0.2, 0) is 9.59 Å². The fourth-order valence-corrected chi connectivity index (χ4v) is 2.08. The Morgan fingerprint density at radius 3 is 2.53 bits per heavy atom. The van der Waals surface area contributed by atoms with Crippen molar-refractivity contribution in [2.45, 2.75) is 19.8 Å². The Morgan fingerprint density at radius 1 is 1.21 bits per heavy atom. The number of halogens is 1. The smallest absolute Gasteiger partial charge is 0.277 e. The minimum absolute atomic E-state index is 0.238. The van der Waals surface area contributed by atoms with Gasteiger partial charge in [0, 0.05) is 22.8 Å². The summed E-state index contributed by atoms with van der Waals surface area (Å²) in [7, 11) is 0. The predicted molar refractivity (Wildman–Crippen MR) is 77.5 cm³/mol.